The Bertz CT molecular complexity index is 1250. The minimum atomic E-state index is -3.32. The molecule has 0 aliphatic carbocycles. The topological polar surface area (TPSA) is 155 Å². The van der Waals surface area contributed by atoms with Crippen molar-refractivity contribution in [3.8, 4) is 16.2 Å². The van der Waals surface area contributed by atoms with Crippen LogP contribution in [-0.4, -0.2) is 44.9 Å². The van der Waals surface area contributed by atoms with Gasteiger partial charge in [-0.25, -0.2) is 18.2 Å². The number of hydrogen-bond acceptors (Lipinski definition) is 9. The number of carbonyl (C=O) groups is 1. The highest BCUT2D eigenvalue weighted by molar-refractivity contribution is 7.90. The minimum absolute atomic E-state index is 0.177. The van der Waals surface area contributed by atoms with Gasteiger partial charge in [-0.2, -0.15) is 0 Å². The van der Waals surface area contributed by atoms with E-state index in [2.05, 4.69) is 4.90 Å². The van der Waals surface area contributed by atoms with Crippen LogP contribution < -0.4 is 26.8 Å². The largest absolute Gasteiger partial charge is 0.410 e. The fourth-order valence-electron chi connectivity index (χ4n) is 3.65. The Hall–Kier alpha value is -2.89. The summed E-state index contributed by atoms with van der Waals surface area (Å²) >= 11 is 1.14. The average molecular weight is 462 g/mol. The number of pyridine rings is 1. The standard InChI is InChI=1S/C20H23N5O4S2/c1-31(27,28)13-4-2-11(3-5-13)14-10-15(25-8-6-12(21)7-9-25)24-18-16(14)17(22)19(30-18)29-20(23)26/h2-5,10,12H,6-9,21-22H2,1H3,(H2,23,26). The number of fused-ring (bicyclic) bond motifs is 1. The number of primary amides is 1. The number of nitrogens with two attached hydrogens (primary N) is 3. The van der Waals surface area contributed by atoms with E-state index in [0.717, 1.165) is 60.5 Å². The molecule has 1 saturated heterocycles. The zero-order chi connectivity index (χ0) is 22.3. The van der Waals surface area contributed by atoms with Crippen molar-refractivity contribution in [1.82, 2.24) is 4.98 Å². The fraction of sp³-hybridized carbons (Fsp3) is 0.300. The number of nitrogens with zero attached hydrogens (tertiary/aromatic N) is 2. The van der Waals surface area contributed by atoms with E-state index in [9.17, 15) is 13.2 Å². The van der Waals surface area contributed by atoms with Crippen molar-refractivity contribution in [2.24, 2.45) is 11.5 Å². The monoisotopic (exact) mass is 461 g/mol. The van der Waals surface area contributed by atoms with Crippen molar-refractivity contribution in [2.75, 3.05) is 30.0 Å². The molecule has 1 aliphatic rings. The highest BCUT2D eigenvalue weighted by Crippen LogP contribution is 2.45. The summed E-state index contributed by atoms with van der Waals surface area (Å²) in [6.45, 7) is 1.55. The van der Waals surface area contributed by atoms with E-state index in [1.807, 2.05) is 6.07 Å². The number of nitrogen functional groups attached to an aromatic ring is 1. The van der Waals surface area contributed by atoms with Gasteiger partial charge in [-0.15, -0.1) is 0 Å². The third kappa shape index (κ3) is 4.29. The Morgan fingerprint density at radius 3 is 2.45 bits per heavy atom. The molecule has 31 heavy (non-hydrogen) atoms. The summed E-state index contributed by atoms with van der Waals surface area (Å²) < 4.78 is 28.7. The average Bonchev–Trinajstić information content (AvgIpc) is 3.02. The van der Waals surface area contributed by atoms with Gasteiger partial charge in [-0.05, 0) is 42.2 Å². The van der Waals surface area contributed by atoms with Crippen LogP contribution in [0.1, 0.15) is 12.8 Å². The number of aromatic nitrogens is 1. The fourth-order valence-corrected chi connectivity index (χ4v) is 5.26. The van der Waals surface area contributed by atoms with Gasteiger partial charge in [0.1, 0.15) is 10.6 Å². The summed E-state index contributed by atoms with van der Waals surface area (Å²) in [5.41, 5.74) is 19.3. The van der Waals surface area contributed by atoms with Gasteiger partial charge in [0.25, 0.3) is 0 Å². The third-order valence-electron chi connectivity index (χ3n) is 5.30. The van der Waals surface area contributed by atoms with E-state index in [4.69, 9.17) is 26.9 Å². The SMILES string of the molecule is CS(=O)(=O)c1ccc(-c2cc(N3CCC(N)CC3)nc3sc(OC(N)=O)c(N)c23)cc1. The predicted molar refractivity (Wildman–Crippen MR) is 122 cm³/mol. The van der Waals surface area contributed by atoms with Crippen molar-refractivity contribution in [3.63, 3.8) is 0 Å². The molecule has 2 aromatic heterocycles. The minimum Gasteiger partial charge on any atom is -0.397 e. The quantitative estimate of drug-likeness (QED) is 0.535. The second kappa shape index (κ2) is 7.98. The van der Waals surface area contributed by atoms with E-state index < -0.39 is 15.9 Å². The number of anilines is 2. The number of carbonyl (C=O) groups excluding carboxylic acids is 1. The van der Waals surface area contributed by atoms with Crippen LogP contribution in [0.3, 0.4) is 0 Å². The molecule has 3 aromatic rings. The van der Waals surface area contributed by atoms with Gasteiger partial charge < -0.3 is 26.8 Å². The number of piperidine rings is 1. The van der Waals surface area contributed by atoms with E-state index in [-0.39, 0.29) is 21.7 Å². The van der Waals surface area contributed by atoms with Crippen LogP contribution in [0.15, 0.2) is 35.2 Å². The molecule has 1 aromatic carbocycles. The molecule has 3 heterocycles. The Labute approximate surface area is 183 Å². The molecule has 1 aliphatic heterocycles. The van der Waals surface area contributed by atoms with Crippen LogP contribution in [0.4, 0.5) is 16.3 Å². The van der Waals surface area contributed by atoms with Crippen LogP contribution in [0.2, 0.25) is 0 Å². The zero-order valence-corrected chi connectivity index (χ0v) is 18.5. The summed E-state index contributed by atoms with van der Waals surface area (Å²) in [6, 6.07) is 8.67. The van der Waals surface area contributed by atoms with Gasteiger partial charge in [-0.1, -0.05) is 23.5 Å². The first-order valence-electron chi connectivity index (χ1n) is 9.65. The molecule has 0 radical (unpaired) electrons. The second-order valence-electron chi connectivity index (χ2n) is 7.55. The third-order valence-corrected chi connectivity index (χ3v) is 7.41. The summed E-state index contributed by atoms with van der Waals surface area (Å²) in [6.07, 6.45) is 1.93. The van der Waals surface area contributed by atoms with Crippen molar-refractivity contribution >= 4 is 49.0 Å². The number of amides is 1. The normalized spacial score (nSPS) is 15.4. The van der Waals surface area contributed by atoms with E-state index >= 15 is 0 Å². The predicted octanol–water partition coefficient (Wildman–Crippen LogP) is 2.33. The maximum atomic E-state index is 11.8. The lowest BCUT2D eigenvalue weighted by Crippen LogP contribution is -2.40. The first-order chi connectivity index (χ1) is 14.6. The Morgan fingerprint density at radius 1 is 1.23 bits per heavy atom. The number of ether oxygens (including phenoxy) is 1. The van der Waals surface area contributed by atoms with Gasteiger partial charge in [0.05, 0.1) is 10.6 Å². The summed E-state index contributed by atoms with van der Waals surface area (Å²) in [4.78, 5) is 19.0. The molecule has 164 valence electrons. The number of hydrogen-bond donors (Lipinski definition) is 3. The zero-order valence-electron chi connectivity index (χ0n) is 16.9. The Morgan fingerprint density at radius 2 is 1.87 bits per heavy atom. The molecule has 0 bridgehead atoms. The first kappa shape index (κ1) is 21.3. The lowest BCUT2D eigenvalue weighted by atomic mass is 10.0. The molecule has 0 spiro atoms. The number of thiophene rings is 1. The van der Waals surface area contributed by atoms with Crippen molar-refractivity contribution in [3.05, 3.63) is 30.3 Å². The lowest BCUT2D eigenvalue weighted by molar-refractivity contribution is 0.212. The summed E-state index contributed by atoms with van der Waals surface area (Å²) in [5.74, 6) is 0.758. The van der Waals surface area contributed by atoms with Crippen LogP contribution in [0.5, 0.6) is 5.06 Å². The first-order valence-corrected chi connectivity index (χ1v) is 12.4. The van der Waals surface area contributed by atoms with Crippen LogP contribution in [-0.2, 0) is 9.84 Å². The number of rotatable bonds is 4. The van der Waals surface area contributed by atoms with Crippen LogP contribution in [0, 0.1) is 0 Å². The van der Waals surface area contributed by atoms with E-state index in [0.29, 0.717) is 10.2 Å². The molecular formula is C20H23N5O4S2. The number of benzene rings is 1. The molecule has 11 heteroatoms. The smallest absolute Gasteiger partial charge is 0.397 e. The molecule has 1 amide bonds. The van der Waals surface area contributed by atoms with Crippen molar-refractivity contribution in [1.29, 1.82) is 0 Å². The van der Waals surface area contributed by atoms with E-state index in [1.165, 1.54) is 0 Å². The number of sulfone groups is 1. The molecular weight excluding hydrogens is 438 g/mol. The molecule has 4 rings (SSSR count). The molecule has 0 saturated carbocycles. The molecule has 0 atom stereocenters. The molecule has 9 nitrogen and oxygen atoms in total. The molecule has 0 unspecified atom stereocenters. The van der Waals surface area contributed by atoms with Gasteiger partial charge in [-0.3, -0.25) is 0 Å². The Balaban J connectivity index is 1.88. The van der Waals surface area contributed by atoms with Crippen LogP contribution in [0.25, 0.3) is 21.3 Å². The molecule has 1 fully saturated rings. The maximum Gasteiger partial charge on any atom is 0.410 e. The van der Waals surface area contributed by atoms with E-state index in [1.54, 1.807) is 24.3 Å². The van der Waals surface area contributed by atoms with Crippen molar-refractivity contribution < 1.29 is 17.9 Å². The van der Waals surface area contributed by atoms with Crippen LogP contribution >= 0.6 is 11.3 Å². The van der Waals surface area contributed by atoms with Gasteiger partial charge >= 0.3 is 6.09 Å². The summed E-state index contributed by atoms with van der Waals surface area (Å²) in [7, 11) is -3.32. The lowest BCUT2D eigenvalue weighted by Gasteiger charge is -2.31. The van der Waals surface area contributed by atoms with Gasteiger partial charge in [0.2, 0.25) is 5.06 Å². The van der Waals surface area contributed by atoms with Gasteiger partial charge in [0.15, 0.2) is 9.84 Å². The summed E-state index contributed by atoms with van der Waals surface area (Å²) in [5, 5.41) is 0.813. The molecule has 6 N–H and O–H groups in total. The maximum absolute atomic E-state index is 11.8. The highest BCUT2D eigenvalue weighted by atomic mass is 32.2. The Kier molecular flexibility index (Phi) is 5.50. The highest BCUT2D eigenvalue weighted by Gasteiger charge is 2.23. The van der Waals surface area contributed by atoms with Gasteiger partial charge in [0, 0.05) is 30.8 Å². The van der Waals surface area contributed by atoms with Crippen molar-refractivity contribution in [2.45, 2.75) is 23.8 Å². The second-order valence-corrected chi connectivity index (χ2v) is 10.5.